The number of quaternary nitrogens is 1. The molecular formula is C15H17ClNO3S+. The van der Waals surface area contributed by atoms with Crippen molar-refractivity contribution in [2.24, 2.45) is 0 Å². The third-order valence-electron chi connectivity index (χ3n) is 3.61. The number of carbonyl (C=O) groups is 1. The maximum absolute atomic E-state index is 12.1. The van der Waals surface area contributed by atoms with Crippen LogP contribution in [0.25, 0.3) is 10.1 Å². The van der Waals surface area contributed by atoms with E-state index >= 15 is 0 Å². The van der Waals surface area contributed by atoms with Gasteiger partial charge in [-0.3, -0.25) is 0 Å². The summed E-state index contributed by atoms with van der Waals surface area (Å²) in [5, 5.41) is 1.41. The Morgan fingerprint density at radius 3 is 2.86 bits per heavy atom. The second-order valence-corrected chi connectivity index (χ2v) is 6.42. The highest BCUT2D eigenvalue weighted by Crippen LogP contribution is 2.35. The number of hydrogen-bond donors (Lipinski definition) is 1. The molecule has 0 bridgehead atoms. The molecule has 1 fully saturated rings. The van der Waals surface area contributed by atoms with Crippen molar-refractivity contribution in [2.75, 3.05) is 39.5 Å². The van der Waals surface area contributed by atoms with E-state index in [1.54, 1.807) is 0 Å². The van der Waals surface area contributed by atoms with Crippen molar-refractivity contribution in [3.05, 3.63) is 34.2 Å². The van der Waals surface area contributed by atoms with Gasteiger partial charge in [-0.15, -0.1) is 11.3 Å². The second kappa shape index (κ2) is 6.75. The van der Waals surface area contributed by atoms with Gasteiger partial charge in [-0.2, -0.15) is 0 Å². The van der Waals surface area contributed by atoms with Crippen molar-refractivity contribution in [1.82, 2.24) is 0 Å². The van der Waals surface area contributed by atoms with Gasteiger partial charge >= 0.3 is 5.97 Å². The van der Waals surface area contributed by atoms with E-state index in [9.17, 15) is 4.79 Å². The van der Waals surface area contributed by atoms with E-state index in [1.807, 2.05) is 24.3 Å². The Kier molecular flexibility index (Phi) is 4.75. The first-order valence-corrected chi connectivity index (χ1v) is 8.20. The van der Waals surface area contributed by atoms with Gasteiger partial charge in [0.1, 0.15) is 31.1 Å². The predicted octanol–water partition coefficient (Wildman–Crippen LogP) is 1.63. The van der Waals surface area contributed by atoms with Crippen LogP contribution in [0.2, 0.25) is 5.02 Å². The van der Waals surface area contributed by atoms with Crippen molar-refractivity contribution >= 4 is 39.0 Å². The van der Waals surface area contributed by atoms with Crippen molar-refractivity contribution in [3.63, 3.8) is 0 Å². The molecule has 3 rings (SSSR count). The number of rotatable bonds is 4. The standard InChI is InChI=1S/C15H16ClNO3S/c16-13-11-3-1-2-4-12(11)21-14(13)15(18)20-10-7-17-5-8-19-9-6-17/h1-4H,5-10H2/p+1. The first-order chi connectivity index (χ1) is 10.3. The van der Waals surface area contributed by atoms with Crippen LogP contribution in [0.4, 0.5) is 0 Å². The normalized spacial score (nSPS) is 16.2. The molecule has 0 saturated carbocycles. The van der Waals surface area contributed by atoms with Crippen LogP contribution >= 0.6 is 22.9 Å². The van der Waals surface area contributed by atoms with Gasteiger partial charge in [-0.1, -0.05) is 29.8 Å². The number of thiophene rings is 1. The number of nitrogens with one attached hydrogen (secondary N) is 1. The lowest BCUT2D eigenvalue weighted by molar-refractivity contribution is -0.908. The molecule has 0 spiro atoms. The molecule has 1 aliphatic heterocycles. The summed E-state index contributed by atoms with van der Waals surface area (Å²) < 4.78 is 11.7. The van der Waals surface area contributed by atoms with E-state index in [-0.39, 0.29) is 5.97 Å². The molecule has 1 aliphatic rings. The van der Waals surface area contributed by atoms with Crippen molar-refractivity contribution in [2.45, 2.75) is 0 Å². The minimum absolute atomic E-state index is 0.325. The topological polar surface area (TPSA) is 40.0 Å². The summed E-state index contributed by atoms with van der Waals surface area (Å²) in [4.78, 5) is 14.1. The fourth-order valence-corrected chi connectivity index (χ4v) is 3.81. The monoisotopic (exact) mass is 326 g/mol. The van der Waals surface area contributed by atoms with Crippen LogP contribution in [0.5, 0.6) is 0 Å². The van der Waals surface area contributed by atoms with E-state index < -0.39 is 0 Å². The summed E-state index contributed by atoms with van der Waals surface area (Å²) in [7, 11) is 0. The lowest BCUT2D eigenvalue weighted by atomic mass is 10.2. The maximum atomic E-state index is 12.1. The molecule has 1 saturated heterocycles. The van der Waals surface area contributed by atoms with Gasteiger partial charge in [0, 0.05) is 10.1 Å². The molecule has 0 unspecified atom stereocenters. The predicted molar refractivity (Wildman–Crippen MR) is 83.5 cm³/mol. The third-order valence-corrected chi connectivity index (χ3v) is 5.26. The Morgan fingerprint density at radius 1 is 1.33 bits per heavy atom. The Morgan fingerprint density at radius 2 is 2.10 bits per heavy atom. The molecular weight excluding hydrogens is 310 g/mol. The number of ether oxygens (including phenoxy) is 2. The smallest absolute Gasteiger partial charge is 0.350 e. The molecule has 112 valence electrons. The summed E-state index contributed by atoms with van der Waals surface area (Å²) >= 11 is 7.65. The Labute approximate surface area is 132 Å². The molecule has 0 aliphatic carbocycles. The highest BCUT2D eigenvalue weighted by atomic mass is 35.5. The van der Waals surface area contributed by atoms with Crippen molar-refractivity contribution < 1.29 is 19.2 Å². The zero-order valence-electron chi connectivity index (χ0n) is 11.6. The van der Waals surface area contributed by atoms with E-state index in [0.29, 0.717) is 16.5 Å². The summed E-state index contributed by atoms with van der Waals surface area (Å²) in [5.41, 5.74) is 0. The van der Waals surface area contributed by atoms with Crippen LogP contribution in [-0.2, 0) is 9.47 Å². The number of hydrogen-bond acceptors (Lipinski definition) is 4. The zero-order chi connectivity index (χ0) is 14.7. The highest BCUT2D eigenvalue weighted by molar-refractivity contribution is 7.21. The minimum Gasteiger partial charge on any atom is -0.455 e. The van der Waals surface area contributed by atoms with Gasteiger partial charge in [-0.05, 0) is 6.07 Å². The number of carbonyl (C=O) groups excluding carboxylic acids is 1. The van der Waals surface area contributed by atoms with Gasteiger partial charge < -0.3 is 14.4 Å². The van der Waals surface area contributed by atoms with Crippen LogP contribution in [0, 0.1) is 0 Å². The molecule has 0 radical (unpaired) electrons. The van der Waals surface area contributed by atoms with Crippen LogP contribution in [0.3, 0.4) is 0 Å². The molecule has 2 heterocycles. The van der Waals surface area contributed by atoms with Gasteiger partial charge in [-0.25, -0.2) is 4.79 Å². The second-order valence-electron chi connectivity index (χ2n) is 4.99. The molecule has 4 nitrogen and oxygen atoms in total. The van der Waals surface area contributed by atoms with E-state index in [2.05, 4.69) is 0 Å². The van der Waals surface area contributed by atoms with Crippen LogP contribution < -0.4 is 4.90 Å². The lowest BCUT2D eigenvalue weighted by Crippen LogP contribution is -3.14. The molecule has 6 heteroatoms. The number of benzene rings is 1. The average Bonchev–Trinajstić information content (AvgIpc) is 2.86. The minimum atomic E-state index is -0.325. The third kappa shape index (κ3) is 3.37. The first-order valence-electron chi connectivity index (χ1n) is 7.01. The molecule has 0 atom stereocenters. The number of fused-ring (bicyclic) bond motifs is 1. The molecule has 0 amide bonds. The van der Waals surface area contributed by atoms with Crippen LogP contribution in [-0.4, -0.2) is 45.4 Å². The Hall–Kier alpha value is -1.14. The zero-order valence-corrected chi connectivity index (χ0v) is 13.1. The van der Waals surface area contributed by atoms with E-state index in [0.717, 1.165) is 42.9 Å². The highest BCUT2D eigenvalue weighted by Gasteiger charge is 2.19. The van der Waals surface area contributed by atoms with Gasteiger partial charge in [0.25, 0.3) is 0 Å². The lowest BCUT2D eigenvalue weighted by Gasteiger charge is -2.23. The molecule has 1 aromatic heterocycles. The van der Waals surface area contributed by atoms with Crippen LogP contribution in [0.1, 0.15) is 9.67 Å². The average molecular weight is 327 g/mol. The van der Waals surface area contributed by atoms with E-state index in [1.165, 1.54) is 16.2 Å². The Balaban J connectivity index is 1.60. The van der Waals surface area contributed by atoms with Gasteiger partial charge in [0.15, 0.2) is 0 Å². The van der Waals surface area contributed by atoms with Crippen LogP contribution in [0.15, 0.2) is 24.3 Å². The maximum Gasteiger partial charge on any atom is 0.350 e. The van der Waals surface area contributed by atoms with Gasteiger partial charge in [0.05, 0.1) is 18.2 Å². The largest absolute Gasteiger partial charge is 0.455 e. The van der Waals surface area contributed by atoms with Crippen molar-refractivity contribution in [3.8, 4) is 0 Å². The molecule has 1 aromatic carbocycles. The molecule has 21 heavy (non-hydrogen) atoms. The number of esters is 1. The first kappa shape index (κ1) is 14.8. The van der Waals surface area contributed by atoms with E-state index in [4.69, 9.17) is 21.1 Å². The molecule has 1 N–H and O–H groups in total. The molecule has 2 aromatic rings. The SMILES string of the molecule is O=C(OCC[NH+]1CCOCC1)c1sc2ccccc2c1Cl. The van der Waals surface area contributed by atoms with Crippen molar-refractivity contribution in [1.29, 1.82) is 0 Å². The fraction of sp³-hybridized carbons (Fsp3) is 0.400. The Bertz CT molecular complexity index is 637. The fourth-order valence-electron chi connectivity index (χ4n) is 2.41. The number of morpholine rings is 1. The summed E-state index contributed by atoms with van der Waals surface area (Å²) in [6, 6.07) is 7.73. The summed E-state index contributed by atoms with van der Waals surface area (Å²) in [6.07, 6.45) is 0. The quantitative estimate of drug-likeness (QED) is 0.868. The van der Waals surface area contributed by atoms with Gasteiger partial charge in [0.2, 0.25) is 0 Å². The summed E-state index contributed by atoms with van der Waals surface area (Å²) in [6.45, 7) is 4.75. The summed E-state index contributed by atoms with van der Waals surface area (Å²) in [5.74, 6) is -0.325. The number of halogens is 1.